The molecule has 3 aromatic rings. The van der Waals surface area contributed by atoms with Crippen molar-refractivity contribution in [2.45, 2.75) is 76.7 Å². The second kappa shape index (κ2) is 9.41. The average molecular weight is 451 g/mol. The van der Waals surface area contributed by atoms with Crippen LogP contribution in [0, 0.1) is 5.92 Å². The summed E-state index contributed by atoms with van der Waals surface area (Å²) in [5.41, 5.74) is 10.7. The van der Waals surface area contributed by atoms with Crippen LogP contribution in [-0.2, 0) is 11.8 Å². The number of benzene rings is 2. The molecule has 1 aliphatic rings. The van der Waals surface area contributed by atoms with E-state index >= 15 is 0 Å². The first-order chi connectivity index (χ1) is 15.3. The molecule has 1 aromatic heterocycles. The third-order valence-electron chi connectivity index (χ3n) is 7.75. The van der Waals surface area contributed by atoms with Gasteiger partial charge >= 0.3 is 0 Å². The average Bonchev–Trinajstić information content (AvgIpc) is 2.80. The zero-order chi connectivity index (χ0) is 22.9. The van der Waals surface area contributed by atoms with Crippen molar-refractivity contribution in [2.24, 2.45) is 11.7 Å². The van der Waals surface area contributed by atoms with Crippen LogP contribution >= 0.6 is 11.6 Å². The maximum absolute atomic E-state index is 12.1. The first-order valence-electron chi connectivity index (χ1n) is 12.0. The Bertz CT molecular complexity index is 1120. The standard InChI is InChI=1S/C28H35ClN2O/c1-4-26(30)28(23-7-5-20(6-8-23)18(2)3)12-9-19(10-13-28)15-22-16-21-11-14-31-27(32)24(21)17-25(22)29/h5-8,11,14,16-19,26H,4,9-10,12-13,15,30H2,1-3H3,(H,31,32)/t19-,26?,28+. The zero-order valence-corrected chi connectivity index (χ0v) is 20.2. The number of aromatic nitrogens is 1. The predicted molar refractivity (Wildman–Crippen MR) is 136 cm³/mol. The number of hydrogen-bond acceptors (Lipinski definition) is 2. The number of H-pyrrole nitrogens is 1. The highest BCUT2D eigenvalue weighted by Gasteiger charge is 2.41. The van der Waals surface area contributed by atoms with Crippen LogP contribution in [0.15, 0.2) is 53.5 Å². The van der Waals surface area contributed by atoms with E-state index in [1.54, 1.807) is 6.20 Å². The van der Waals surface area contributed by atoms with E-state index in [2.05, 4.69) is 56.1 Å². The number of pyridine rings is 1. The van der Waals surface area contributed by atoms with Crippen molar-refractivity contribution in [3.05, 3.63) is 80.7 Å². The Morgan fingerprint density at radius 1 is 1.12 bits per heavy atom. The van der Waals surface area contributed by atoms with Gasteiger partial charge in [0.05, 0.1) is 0 Å². The molecular weight excluding hydrogens is 416 g/mol. The third-order valence-corrected chi connectivity index (χ3v) is 8.10. The van der Waals surface area contributed by atoms with Crippen LogP contribution in [0.3, 0.4) is 0 Å². The second-order valence-electron chi connectivity index (χ2n) is 9.93. The molecule has 1 saturated carbocycles. The van der Waals surface area contributed by atoms with Gasteiger partial charge in [0.15, 0.2) is 0 Å². The quantitative estimate of drug-likeness (QED) is 0.438. The van der Waals surface area contributed by atoms with Gasteiger partial charge in [0.25, 0.3) is 5.56 Å². The Balaban J connectivity index is 1.54. The maximum atomic E-state index is 12.1. The third kappa shape index (κ3) is 4.38. The lowest BCUT2D eigenvalue weighted by molar-refractivity contribution is 0.192. The molecule has 1 fully saturated rings. The molecule has 4 heteroatoms. The van der Waals surface area contributed by atoms with Crippen molar-refractivity contribution < 1.29 is 0 Å². The Morgan fingerprint density at radius 3 is 2.44 bits per heavy atom. The summed E-state index contributed by atoms with van der Waals surface area (Å²) in [5, 5.41) is 2.31. The molecule has 0 saturated heterocycles. The molecule has 4 rings (SSSR count). The van der Waals surface area contributed by atoms with Gasteiger partial charge in [-0.2, -0.15) is 0 Å². The van der Waals surface area contributed by atoms with Gasteiger partial charge < -0.3 is 10.7 Å². The molecule has 0 bridgehead atoms. The fraction of sp³-hybridized carbons (Fsp3) is 0.464. The number of rotatable bonds is 6. The molecule has 1 heterocycles. The smallest absolute Gasteiger partial charge is 0.255 e. The van der Waals surface area contributed by atoms with Crippen molar-refractivity contribution in [1.82, 2.24) is 4.98 Å². The van der Waals surface area contributed by atoms with Crippen LogP contribution in [0.2, 0.25) is 5.02 Å². The number of fused-ring (bicyclic) bond motifs is 1. The van der Waals surface area contributed by atoms with E-state index in [1.165, 1.54) is 11.1 Å². The summed E-state index contributed by atoms with van der Waals surface area (Å²) >= 11 is 6.59. The highest BCUT2D eigenvalue weighted by atomic mass is 35.5. The van der Waals surface area contributed by atoms with Gasteiger partial charge in [-0.3, -0.25) is 4.79 Å². The summed E-state index contributed by atoms with van der Waals surface area (Å²) in [7, 11) is 0. The first-order valence-corrected chi connectivity index (χ1v) is 12.4. The highest BCUT2D eigenvalue weighted by Crippen LogP contribution is 2.45. The van der Waals surface area contributed by atoms with Gasteiger partial charge in [-0.1, -0.05) is 56.6 Å². The van der Waals surface area contributed by atoms with Crippen LogP contribution < -0.4 is 11.3 Å². The lowest BCUT2D eigenvalue weighted by Gasteiger charge is -2.45. The SMILES string of the molecule is CCC(N)[C@]1(c2ccc(C(C)C)cc2)CC[C@H](Cc2cc3cc[nH]c(=O)c3cc2Cl)CC1. The molecule has 2 aromatic carbocycles. The molecule has 32 heavy (non-hydrogen) atoms. The molecule has 3 N–H and O–H groups in total. The van der Waals surface area contributed by atoms with Crippen LogP contribution in [0.1, 0.15) is 75.5 Å². The van der Waals surface area contributed by atoms with Gasteiger partial charge in [0.2, 0.25) is 0 Å². The molecule has 0 aliphatic heterocycles. The monoisotopic (exact) mass is 450 g/mol. The summed E-state index contributed by atoms with van der Waals surface area (Å²) in [6.45, 7) is 6.68. The predicted octanol–water partition coefficient (Wildman–Crippen LogP) is 6.71. The largest absolute Gasteiger partial charge is 0.329 e. The van der Waals surface area contributed by atoms with Gasteiger partial charge in [0, 0.05) is 28.1 Å². The summed E-state index contributed by atoms with van der Waals surface area (Å²) in [6, 6.07) is 15.2. The Labute approximate surface area is 196 Å². The second-order valence-corrected chi connectivity index (χ2v) is 10.3. The lowest BCUT2D eigenvalue weighted by Crippen LogP contribution is -2.47. The van der Waals surface area contributed by atoms with E-state index < -0.39 is 0 Å². The molecule has 1 aliphatic carbocycles. The van der Waals surface area contributed by atoms with Crippen LogP contribution in [0.5, 0.6) is 0 Å². The van der Waals surface area contributed by atoms with Crippen molar-refractivity contribution in [3.8, 4) is 0 Å². The Morgan fingerprint density at radius 2 is 1.81 bits per heavy atom. The van der Waals surface area contributed by atoms with Crippen LogP contribution in [0.25, 0.3) is 10.8 Å². The zero-order valence-electron chi connectivity index (χ0n) is 19.5. The Kier molecular flexibility index (Phi) is 6.78. The first kappa shape index (κ1) is 23.1. The summed E-state index contributed by atoms with van der Waals surface area (Å²) in [5.74, 6) is 1.12. The van der Waals surface area contributed by atoms with E-state index in [-0.39, 0.29) is 17.0 Å². The van der Waals surface area contributed by atoms with E-state index in [0.717, 1.165) is 49.5 Å². The molecule has 0 radical (unpaired) electrons. The molecular formula is C28H35ClN2O. The van der Waals surface area contributed by atoms with Crippen LogP contribution in [-0.4, -0.2) is 11.0 Å². The number of halogens is 1. The van der Waals surface area contributed by atoms with Crippen molar-refractivity contribution in [2.75, 3.05) is 0 Å². The highest BCUT2D eigenvalue weighted by molar-refractivity contribution is 6.32. The summed E-state index contributed by atoms with van der Waals surface area (Å²) in [6.07, 6.45) is 8.14. The molecule has 0 spiro atoms. The maximum Gasteiger partial charge on any atom is 0.255 e. The summed E-state index contributed by atoms with van der Waals surface area (Å²) < 4.78 is 0. The molecule has 170 valence electrons. The fourth-order valence-corrected chi connectivity index (χ4v) is 5.83. The lowest BCUT2D eigenvalue weighted by atomic mass is 9.61. The molecule has 0 amide bonds. The minimum Gasteiger partial charge on any atom is -0.329 e. The van der Waals surface area contributed by atoms with Crippen molar-refractivity contribution >= 4 is 22.4 Å². The van der Waals surface area contributed by atoms with Gasteiger partial charge in [-0.05, 0) is 90.6 Å². The molecule has 1 unspecified atom stereocenters. The molecule has 3 nitrogen and oxygen atoms in total. The van der Waals surface area contributed by atoms with Crippen LogP contribution in [0.4, 0.5) is 0 Å². The number of aromatic amines is 1. The Hall–Kier alpha value is -2.10. The van der Waals surface area contributed by atoms with E-state index in [0.29, 0.717) is 22.2 Å². The minimum absolute atomic E-state index is 0.0568. The van der Waals surface area contributed by atoms with Gasteiger partial charge in [-0.25, -0.2) is 0 Å². The van der Waals surface area contributed by atoms with Gasteiger partial charge in [-0.15, -0.1) is 0 Å². The van der Waals surface area contributed by atoms with E-state index in [1.807, 2.05) is 12.1 Å². The number of nitrogens with two attached hydrogens (primary N) is 1. The van der Waals surface area contributed by atoms with E-state index in [9.17, 15) is 4.79 Å². The minimum atomic E-state index is -0.0876. The number of hydrogen-bond donors (Lipinski definition) is 2. The van der Waals surface area contributed by atoms with Crippen molar-refractivity contribution in [1.29, 1.82) is 0 Å². The van der Waals surface area contributed by atoms with Crippen molar-refractivity contribution in [3.63, 3.8) is 0 Å². The van der Waals surface area contributed by atoms with Gasteiger partial charge in [0.1, 0.15) is 0 Å². The summed E-state index contributed by atoms with van der Waals surface area (Å²) in [4.78, 5) is 14.8. The normalized spacial score (nSPS) is 22.4. The number of nitrogens with one attached hydrogen (secondary N) is 1. The topological polar surface area (TPSA) is 58.9 Å². The fourth-order valence-electron chi connectivity index (χ4n) is 5.59. The van der Waals surface area contributed by atoms with E-state index in [4.69, 9.17) is 17.3 Å². The molecule has 1 atom stereocenters.